The van der Waals surface area contributed by atoms with Crippen LogP contribution in [0.2, 0.25) is 0 Å². The Kier molecular flexibility index (Phi) is 3.50. The van der Waals surface area contributed by atoms with E-state index in [4.69, 9.17) is 4.74 Å². The van der Waals surface area contributed by atoms with Crippen molar-refractivity contribution in [1.29, 1.82) is 0 Å². The molecule has 0 aliphatic heterocycles. The first-order chi connectivity index (χ1) is 6.20. The second kappa shape index (κ2) is 4.65. The number of rotatable bonds is 3. The highest BCUT2D eigenvalue weighted by Crippen LogP contribution is 2.15. The van der Waals surface area contributed by atoms with Crippen molar-refractivity contribution < 1.29 is 9.13 Å². The number of hydrogen-bond donors (Lipinski definition) is 0. The van der Waals surface area contributed by atoms with E-state index in [2.05, 4.69) is 0 Å². The molecule has 0 aliphatic rings. The van der Waals surface area contributed by atoms with Gasteiger partial charge in [0.25, 0.3) is 0 Å². The predicted octanol–water partition coefficient (Wildman–Crippen LogP) is 3.17. The van der Waals surface area contributed by atoms with Gasteiger partial charge in [0.15, 0.2) is 11.6 Å². The van der Waals surface area contributed by atoms with E-state index in [0.29, 0.717) is 12.4 Å². The average molecular weight is 180 g/mol. The van der Waals surface area contributed by atoms with Crippen LogP contribution in [-0.4, -0.2) is 6.61 Å². The molecule has 0 aliphatic carbocycles. The molecule has 0 unspecified atom stereocenters. The number of halogens is 1. The maximum absolute atomic E-state index is 13.0. The van der Waals surface area contributed by atoms with Gasteiger partial charge in [0.1, 0.15) is 6.61 Å². The third-order valence-electron chi connectivity index (χ3n) is 1.57. The lowest BCUT2D eigenvalue weighted by atomic mass is 10.3. The number of benzene rings is 1. The van der Waals surface area contributed by atoms with E-state index in [1.807, 2.05) is 19.9 Å². The van der Waals surface area contributed by atoms with Gasteiger partial charge < -0.3 is 4.74 Å². The summed E-state index contributed by atoms with van der Waals surface area (Å²) in [6, 6.07) is 6.40. The summed E-state index contributed by atoms with van der Waals surface area (Å²) in [4.78, 5) is 0. The molecule has 70 valence electrons. The fourth-order valence-electron chi connectivity index (χ4n) is 0.860. The van der Waals surface area contributed by atoms with E-state index in [0.717, 1.165) is 5.57 Å². The molecule has 0 atom stereocenters. The van der Waals surface area contributed by atoms with Crippen LogP contribution in [0.1, 0.15) is 13.8 Å². The molecule has 0 fully saturated rings. The Morgan fingerprint density at radius 1 is 1.38 bits per heavy atom. The molecule has 0 spiro atoms. The van der Waals surface area contributed by atoms with E-state index in [-0.39, 0.29) is 5.82 Å². The van der Waals surface area contributed by atoms with Crippen LogP contribution in [0.5, 0.6) is 5.75 Å². The van der Waals surface area contributed by atoms with E-state index in [1.165, 1.54) is 6.07 Å². The summed E-state index contributed by atoms with van der Waals surface area (Å²) in [5.41, 5.74) is 1.16. The van der Waals surface area contributed by atoms with Crippen LogP contribution in [0.25, 0.3) is 0 Å². The molecule has 0 N–H and O–H groups in total. The van der Waals surface area contributed by atoms with Gasteiger partial charge in [-0.15, -0.1) is 0 Å². The van der Waals surface area contributed by atoms with Gasteiger partial charge in [-0.1, -0.05) is 17.7 Å². The van der Waals surface area contributed by atoms with Gasteiger partial charge >= 0.3 is 0 Å². The normalized spacial score (nSPS) is 9.46. The number of ether oxygens (including phenoxy) is 1. The average Bonchev–Trinajstić information content (AvgIpc) is 2.08. The Bertz CT molecular complexity index is 301. The van der Waals surface area contributed by atoms with Gasteiger partial charge in [0.2, 0.25) is 0 Å². The highest BCUT2D eigenvalue weighted by molar-refractivity contribution is 5.23. The standard InChI is InChI=1S/C11H13FO/c1-9(2)7-8-13-11-6-4-3-5-10(11)12/h3-7H,8H2,1-2H3. The highest BCUT2D eigenvalue weighted by atomic mass is 19.1. The predicted molar refractivity (Wildman–Crippen MR) is 51.3 cm³/mol. The summed E-state index contributed by atoms with van der Waals surface area (Å²) < 4.78 is 18.2. The number of allylic oxidation sites excluding steroid dienone is 1. The zero-order chi connectivity index (χ0) is 9.68. The third kappa shape index (κ3) is 3.28. The molecule has 0 aromatic heterocycles. The molecule has 0 saturated carbocycles. The quantitative estimate of drug-likeness (QED) is 0.649. The summed E-state index contributed by atoms with van der Waals surface area (Å²) in [5, 5.41) is 0. The van der Waals surface area contributed by atoms with Crippen LogP contribution in [0, 0.1) is 5.82 Å². The van der Waals surface area contributed by atoms with Gasteiger partial charge in [-0.2, -0.15) is 0 Å². The smallest absolute Gasteiger partial charge is 0.165 e. The van der Waals surface area contributed by atoms with E-state index >= 15 is 0 Å². The maximum atomic E-state index is 13.0. The zero-order valence-electron chi connectivity index (χ0n) is 7.88. The van der Waals surface area contributed by atoms with Gasteiger partial charge in [-0.05, 0) is 32.1 Å². The Labute approximate surface area is 77.8 Å². The van der Waals surface area contributed by atoms with E-state index in [1.54, 1.807) is 18.2 Å². The molecule has 2 heteroatoms. The summed E-state index contributed by atoms with van der Waals surface area (Å²) in [6.07, 6.45) is 1.91. The minimum absolute atomic E-state index is 0.306. The van der Waals surface area contributed by atoms with Gasteiger partial charge in [-0.25, -0.2) is 4.39 Å². The third-order valence-corrected chi connectivity index (χ3v) is 1.57. The molecule has 1 nitrogen and oxygen atoms in total. The summed E-state index contributed by atoms with van der Waals surface area (Å²) in [5.74, 6) is -0.00958. The van der Waals surface area contributed by atoms with Crippen LogP contribution < -0.4 is 4.74 Å². The Morgan fingerprint density at radius 2 is 2.08 bits per heavy atom. The van der Waals surface area contributed by atoms with Gasteiger partial charge in [-0.3, -0.25) is 0 Å². The molecular formula is C11H13FO. The molecule has 13 heavy (non-hydrogen) atoms. The van der Waals surface area contributed by atoms with Gasteiger partial charge in [0, 0.05) is 0 Å². The number of para-hydroxylation sites is 1. The second-order valence-electron chi connectivity index (χ2n) is 3.02. The van der Waals surface area contributed by atoms with Crippen molar-refractivity contribution >= 4 is 0 Å². The lowest BCUT2D eigenvalue weighted by Gasteiger charge is -2.03. The van der Waals surface area contributed by atoms with Crippen molar-refractivity contribution in [1.82, 2.24) is 0 Å². The van der Waals surface area contributed by atoms with E-state index < -0.39 is 0 Å². The number of hydrogen-bond acceptors (Lipinski definition) is 1. The monoisotopic (exact) mass is 180 g/mol. The fraction of sp³-hybridized carbons (Fsp3) is 0.273. The van der Waals surface area contributed by atoms with Crippen molar-refractivity contribution in [2.75, 3.05) is 6.61 Å². The Morgan fingerprint density at radius 3 is 2.69 bits per heavy atom. The van der Waals surface area contributed by atoms with Crippen LogP contribution in [-0.2, 0) is 0 Å². The second-order valence-corrected chi connectivity index (χ2v) is 3.02. The molecule has 1 aromatic rings. The molecule has 0 saturated heterocycles. The molecule has 1 rings (SSSR count). The van der Waals surface area contributed by atoms with E-state index in [9.17, 15) is 4.39 Å². The molecule has 0 heterocycles. The van der Waals surface area contributed by atoms with Crippen molar-refractivity contribution in [2.24, 2.45) is 0 Å². The summed E-state index contributed by atoms with van der Waals surface area (Å²) in [6.45, 7) is 4.37. The van der Waals surface area contributed by atoms with Gasteiger partial charge in [0.05, 0.1) is 0 Å². The van der Waals surface area contributed by atoms with Crippen molar-refractivity contribution in [3.8, 4) is 5.75 Å². The van der Waals surface area contributed by atoms with Crippen LogP contribution in [0.4, 0.5) is 4.39 Å². The molecular weight excluding hydrogens is 167 g/mol. The minimum Gasteiger partial charge on any atom is -0.486 e. The largest absolute Gasteiger partial charge is 0.486 e. The lowest BCUT2D eigenvalue weighted by molar-refractivity contribution is 0.341. The lowest BCUT2D eigenvalue weighted by Crippen LogP contribution is -1.95. The Hall–Kier alpha value is -1.31. The molecule has 0 amide bonds. The SMILES string of the molecule is CC(C)=CCOc1ccccc1F. The topological polar surface area (TPSA) is 9.23 Å². The highest BCUT2D eigenvalue weighted by Gasteiger charge is 1.98. The first kappa shape index (κ1) is 9.78. The summed E-state index contributed by atoms with van der Waals surface area (Å²) in [7, 11) is 0. The minimum atomic E-state index is -0.315. The first-order valence-electron chi connectivity index (χ1n) is 4.21. The molecule has 0 radical (unpaired) electrons. The Balaban J connectivity index is 2.55. The van der Waals surface area contributed by atoms with Crippen LogP contribution in [0.3, 0.4) is 0 Å². The van der Waals surface area contributed by atoms with Crippen LogP contribution >= 0.6 is 0 Å². The van der Waals surface area contributed by atoms with Crippen molar-refractivity contribution in [2.45, 2.75) is 13.8 Å². The van der Waals surface area contributed by atoms with Crippen molar-refractivity contribution in [3.05, 3.63) is 41.7 Å². The van der Waals surface area contributed by atoms with Crippen molar-refractivity contribution in [3.63, 3.8) is 0 Å². The van der Waals surface area contributed by atoms with Crippen LogP contribution in [0.15, 0.2) is 35.9 Å². The molecule has 1 aromatic carbocycles. The zero-order valence-corrected chi connectivity index (χ0v) is 7.88. The fourth-order valence-corrected chi connectivity index (χ4v) is 0.860. The molecule has 0 bridgehead atoms. The maximum Gasteiger partial charge on any atom is 0.165 e. The summed E-state index contributed by atoms with van der Waals surface area (Å²) >= 11 is 0. The first-order valence-corrected chi connectivity index (χ1v) is 4.21.